The van der Waals surface area contributed by atoms with E-state index in [1.807, 2.05) is 6.07 Å². The normalized spacial score (nSPS) is 25.0. The summed E-state index contributed by atoms with van der Waals surface area (Å²) in [5.74, 6) is 5.41. The molecular formula is C50H41N3. The molecule has 7 aromatic rings. The van der Waals surface area contributed by atoms with Crippen molar-refractivity contribution >= 4 is 10.8 Å². The molecule has 53 heavy (non-hydrogen) atoms. The van der Waals surface area contributed by atoms with Gasteiger partial charge in [-0.3, -0.25) is 0 Å². The van der Waals surface area contributed by atoms with Gasteiger partial charge >= 0.3 is 0 Å². The van der Waals surface area contributed by atoms with E-state index in [1.54, 1.807) is 11.1 Å². The molecule has 1 aromatic heterocycles. The maximum atomic E-state index is 5.31. The highest BCUT2D eigenvalue weighted by Gasteiger charge is 2.61. The van der Waals surface area contributed by atoms with Crippen molar-refractivity contribution in [2.45, 2.75) is 56.8 Å². The number of hydrogen-bond donors (Lipinski definition) is 0. The Bertz CT molecular complexity index is 2640. The predicted octanol–water partition coefficient (Wildman–Crippen LogP) is 12.1. The summed E-state index contributed by atoms with van der Waals surface area (Å²) in [5, 5.41) is 2.68. The van der Waals surface area contributed by atoms with Crippen LogP contribution in [-0.2, 0) is 10.8 Å². The lowest BCUT2D eigenvalue weighted by Crippen LogP contribution is -2.55. The van der Waals surface area contributed by atoms with Crippen LogP contribution in [0.3, 0.4) is 0 Å². The second-order valence-corrected chi connectivity index (χ2v) is 17.3. The minimum Gasteiger partial charge on any atom is -0.208 e. The molecule has 0 N–H and O–H groups in total. The molecular weight excluding hydrogens is 643 g/mol. The zero-order chi connectivity index (χ0) is 35.1. The van der Waals surface area contributed by atoms with E-state index in [2.05, 4.69) is 135 Å². The van der Waals surface area contributed by atoms with Crippen molar-refractivity contribution in [3.63, 3.8) is 0 Å². The van der Waals surface area contributed by atoms with Crippen LogP contribution in [0, 0.1) is 23.7 Å². The number of fused-ring (bicyclic) bond motifs is 7. The van der Waals surface area contributed by atoms with E-state index < -0.39 is 0 Å². The molecule has 6 aliphatic carbocycles. The van der Waals surface area contributed by atoms with Gasteiger partial charge < -0.3 is 0 Å². The highest BCUT2D eigenvalue weighted by molar-refractivity contribution is 5.95. The van der Waals surface area contributed by atoms with E-state index in [0.29, 0.717) is 11.6 Å². The van der Waals surface area contributed by atoms with Crippen molar-refractivity contribution in [2.75, 3.05) is 0 Å². The summed E-state index contributed by atoms with van der Waals surface area (Å²) in [6.07, 6.45) is 6.96. The number of rotatable bonds is 3. The van der Waals surface area contributed by atoms with Crippen molar-refractivity contribution in [1.82, 2.24) is 15.0 Å². The number of hydrogen-bond acceptors (Lipinski definition) is 3. The van der Waals surface area contributed by atoms with Gasteiger partial charge in [-0.15, -0.1) is 0 Å². The third-order valence-electron chi connectivity index (χ3n) is 14.3. The quantitative estimate of drug-likeness (QED) is 0.186. The molecule has 1 heterocycles. The summed E-state index contributed by atoms with van der Waals surface area (Å²) < 4.78 is 0. The molecule has 256 valence electrons. The van der Waals surface area contributed by atoms with Crippen LogP contribution in [0.25, 0.3) is 67.2 Å². The Morgan fingerprint density at radius 3 is 1.72 bits per heavy atom. The second kappa shape index (κ2) is 10.6. The Kier molecular flexibility index (Phi) is 6.02. The first-order valence-corrected chi connectivity index (χ1v) is 19.7. The standard InChI is InChI=1S/C50H41N3/c1-49(2)42-15-9-8-14-38(42)39-18-16-35(28-44(39)49)48-52-46(31-10-4-3-5-11-31)51-47(53-48)34-17-19-43-40(26-34)41-25-32-12-6-7-13-33(32)27-45(41)50(43)36-21-29-20-30(23-36)24-37(50)22-29/h3-19,25-30,36-37H,20-24H2,1-2H3. The maximum absolute atomic E-state index is 5.31. The molecule has 0 saturated heterocycles. The second-order valence-electron chi connectivity index (χ2n) is 17.3. The molecule has 0 aliphatic heterocycles. The Labute approximate surface area is 311 Å². The molecule has 13 rings (SSSR count). The van der Waals surface area contributed by atoms with Gasteiger partial charge in [-0.1, -0.05) is 117 Å². The van der Waals surface area contributed by atoms with Gasteiger partial charge in [0.25, 0.3) is 0 Å². The Hall–Kier alpha value is -5.41. The highest BCUT2D eigenvalue weighted by Crippen LogP contribution is 2.69. The fraction of sp³-hybridized carbons (Fsp3) is 0.260. The van der Waals surface area contributed by atoms with Crippen LogP contribution >= 0.6 is 0 Å². The van der Waals surface area contributed by atoms with Gasteiger partial charge in [0.2, 0.25) is 0 Å². The van der Waals surface area contributed by atoms with Crippen LogP contribution in [-0.4, -0.2) is 15.0 Å². The first-order chi connectivity index (χ1) is 25.9. The van der Waals surface area contributed by atoms with Gasteiger partial charge in [-0.05, 0) is 135 Å². The van der Waals surface area contributed by atoms with Crippen LogP contribution < -0.4 is 0 Å². The summed E-state index contributed by atoms with van der Waals surface area (Å²) in [6, 6.07) is 47.3. The number of nitrogens with zero attached hydrogens (tertiary/aromatic N) is 3. The summed E-state index contributed by atoms with van der Waals surface area (Å²) in [7, 11) is 0. The SMILES string of the molecule is CC1(C)c2ccccc2-c2ccc(-c3nc(-c4ccccc4)nc(-c4ccc5c(c4)-c4cc6ccccc6cc4C54C5CC6CC(C5)CC4C6)n3)cc21. The molecule has 0 amide bonds. The number of benzene rings is 6. The summed E-state index contributed by atoms with van der Waals surface area (Å²) >= 11 is 0. The van der Waals surface area contributed by atoms with Crippen molar-refractivity contribution in [2.24, 2.45) is 23.7 Å². The van der Waals surface area contributed by atoms with Crippen molar-refractivity contribution in [3.8, 4) is 56.4 Å². The first-order valence-electron chi connectivity index (χ1n) is 19.7. The van der Waals surface area contributed by atoms with Gasteiger partial charge in [0.15, 0.2) is 17.5 Å². The van der Waals surface area contributed by atoms with E-state index in [0.717, 1.165) is 46.2 Å². The third-order valence-corrected chi connectivity index (χ3v) is 14.3. The smallest absolute Gasteiger partial charge is 0.164 e. The molecule has 3 heteroatoms. The molecule has 6 aromatic carbocycles. The fourth-order valence-electron chi connectivity index (χ4n) is 12.2. The van der Waals surface area contributed by atoms with E-state index in [9.17, 15) is 0 Å². The molecule has 4 saturated carbocycles. The molecule has 0 unspecified atom stereocenters. The molecule has 0 radical (unpaired) electrons. The maximum Gasteiger partial charge on any atom is 0.164 e. The molecule has 1 spiro atoms. The van der Waals surface area contributed by atoms with Crippen molar-refractivity contribution in [1.29, 1.82) is 0 Å². The van der Waals surface area contributed by atoms with Gasteiger partial charge in [-0.25, -0.2) is 15.0 Å². The van der Waals surface area contributed by atoms with Gasteiger partial charge in [0.1, 0.15) is 0 Å². The van der Waals surface area contributed by atoms with Crippen LogP contribution in [0.2, 0.25) is 0 Å². The van der Waals surface area contributed by atoms with Crippen molar-refractivity contribution in [3.05, 3.63) is 150 Å². The molecule has 6 aliphatic rings. The lowest BCUT2D eigenvalue weighted by atomic mass is 9.43. The highest BCUT2D eigenvalue weighted by atomic mass is 15.0. The molecule has 3 nitrogen and oxygen atoms in total. The monoisotopic (exact) mass is 683 g/mol. The lowest BCUT2D eigenvalue weighted by molar-refractivity contribution is -0.0398. The van der Waals surface area contributed by atoms with Crippen LogP contribution in [0.15, 0.2) is 127 Å². The molecule has 4 bridgehead atoms. The predicted molar refractivity (Wildman–Crippen MR) is 214 cm³/mol. The van der Waals surface area contributed by atoms with Crippen LogP contribution in [0.1, 0.15) is 68.2 Å². The fourth-order valence-corrected chi connectivity index (χ4v) is 12.2. The van der Waals surface area contributed by atoms with E-state index in [4.69, 9.17) is 15.0 Å². The van der Waals surface area contributed by atoms with Gasteiger partial charge in [0, 0.05) is 27.5 Å². The number of aromatic nitrogens is 3. The van der Waals surface area contributed by atoms with Gasteiger partial charge in [-0.2, -0.15) is 0 Å². The zero-order valence-corrected chi connectivity index (χ0v) is 30.3. The first kappa shape index (κ1) is 30.1. The van der Waals surface area contributed by atoms with Gasteiger partial charge in [0.05, 0.1) is 0 Å². The summed E-state index contributed by atoms with van der Waals surface area (Å²) in [5.41, 5.74) is 14.3. The van der Waals surface area contributed by atoms with Crippen LogP contribution in [0.5, 0.6) is 0 Å². The van der Waals surface area contributed by atoms with Crippen LogP contribution in [0.4, 0.5) is 0 Å². The third kappa shape index (κ3) is 4.08. The van der Waals surface area contributed by atoms with Crippen molar-refractivity contribution < 1.29 is 0 Å². The average Bonchev–Trinajstić information content (AvgIpc) is 3.60. The van der Waals surface area contributed by atoms with E-state index in [1.165, 1.54) is 76.3 Å². The summed E-state index contributed by atoms with van der Waals surface area (Å²) in [6.45, 7) is 4.66. The molecule has 0 atom stereocenters. The largest absolute Gasteiger partial charge is 0.208 e. The minimum absolute atomic E-state index is 0.106. The zero-order valence-electron chi connectivity index (χ0n) is 30.3. The average molecular weight is 684 g/mol. The lowest BCUT2D eigenvalue weighted by Gasteiger charge is -2.61. The van der Waals surface area contributed by atoms with E-state index >= 15 is 0 Å². The topological polar surface area (TPSA) is 38.7 Å². The van der Waals surface area contributed by atoms with E-state index in [-0.39, 0.29) is 10.8 Å². The molecule has 4 fully saturated rings. The Balaban J connectivity index is 1.05. The Morgan fingerprint density at radius 2 is 0.981 bits per heavy atom. The summed E-state index contributed by atoms with van der Waals surface area (Å²) in [4.78, 5) is 15.7. The Morgan fingerprint density at radius 1 is 0.415 bits per heavy atom. The minimum atomic E-state index is -0.106.